The van der Waals surface area contributed by atoms with Crippen LogP contribution in [0.3, 0.4) is 0 Å². The van der Waals surface area contributed by atoms with Gasteiger partial charge in [-0.05, 0) is 19.3 Å². The molecule has 0 aliphatic carbocycles. The predicted molar refractivity (Wildman–Crippen MR) is 94.7 cm³/mol. The molecule has 0 aliphatic heterocycles. The van der Waals surface area contributed by atoms with E-state index in [0.717, 1.165) is 18.4 Å². The molecule has 1 unspecified atom stereocenters. The summed E-state index contributed by atoms with van der Waals surface area (Å²) in [5.74, 6) is 0. The molecule has 0 N–H and O–H groups in total. The van der Waals surface area contributed by atoms with Crippen LogP contribution in [0.25, 0.3) is 0 Å². The summed E-state index contributed by atoms with van der Waals surface area (Å²) in [5.41, 5.74) is 0. The van der Waals surface area contributed by atoms with Crippen molar-refractivity contribution in [3.05, 3.63) is 25.3 Å². The van der Waals surface area contributed by atoms with Crippen molar-refractivity contribution in [3.63, 3.8) is 0 Å². The molecular formula is C18H33BrO. The van der Waals surface area contributed by atoms with Crippen LogP contribution in [0.15, 0.2) is 25.3 Å². The summed E-state index contributed by atoms with van der Waals surface area (Å²) in [6.07, 6.45) is 18.4. The largest absolute Gasteiger partial charge is 0.374 e. The van der Waals surface area contributed by atoms with E-state index in [1.54, 1.807) is 0 Å². The van der Waals surface area contributed by atoms with Gasteiger partial charge in [-0.25, -0.2) is 0 Å². The predicted octanol–water partition coefficient (Wildman–Crippen LogP) is 6.43. The Morgan fingerprint density at radius 2 is 1.30 bits per heavy atom. The highest BCUT2D eigenvalue weighted by atomic mass is 79.9. The van der Waals surface area contributed by atoms with Gasteiger partial charge >= 0.3 is 0 Å². The van der Waals surface area contributed by atoms with E-state index in [4.69, 9.17) is 4.74 Å². The molecule has 118 valence electrons. The summed E-state index contributed by atoms with van der Waals surface area (Å²) in [5, 5.41) is 1.16. The summed E-state index contributed by atoms with van der Waals surface area (Å²) in [6, 6.07) is 0. The van der Waals surface area contributed by atoms with E-state index in [9.17, 15) is 0 Å². The maximum Gasteiger partial charge on any atom is 0.0787 e. The Morgan fingerprint density at radius 3 is 1.75 bits per heavy atom. The number of hydrogen-bond acceptors (Lipinski definition) is 1. The van der Waals surface area contributed by atoms with Crippen molar-refractivity contribution in [3.8, 4) is 0 Å². The first kappa shape index (κ1) is 19.9. The number of alkyl halides is 1. The average Bonchev–Trinajstić information content (AvgIpc) is 2.47. The Kier molecular flexibility index (Phi) is 16.9. The molecule has 0 saturated heterocycles. The Bertz CT molecular complexity index is 215. The fraction of sp³-hybridized carbons (Fsp3) is 0.778. The van der Waals surface area contributed by atoms with Crippen LogP contribution in [-0.4, -0.2) is 18.0 Å². The lowest BCUT2D eigenvalue weighted by atomic mass is 10.1. The van der Waals surface area contributed by atoms with E-state index >= 15 is 0 Å². The Labute approximate surface area is 135 Å². The lowest BCUT2D eigenvalue weighted by molar-refractivity contribution is 0.0841. The molecule has 0 aromatic heterocycles. The summed E-state index contributed by atoms with van der Waals surface area (Å²) in [7, 11) is 0. The van der Waals surface area contributed by atoms with Gasteiger partial charge in [0, 0.05) is 11.9 Å². The van der Waals surface area contributed by atoms with Crippen molar-refractivity contribution in [1.29, 1.82) is 0 Å². The van der Waals surface area contributed by atoms with Gasteiger partial charge in [-0.1, -0.05) is 79.4 Å². The van der Waals surface area contributed by atoms with E-state index < -0.39 is 0 Å². The Hall–Kier alpha value is -0.0800. The number of rotatable bonds is 16. The summed E-state index contributed by atoms with van der Waals surface area (Å²) < 4.78 is 5.72. The second kappa shape index (κ2) is 17.0. The van der Waals surface area contributed by atoms with Crippen LogP contribution in [0.5, 0.6) is 0 Å². The molecule has 2 heteroatoms. The SMILES string of the molecule is C=CCC(C=C)OCCCCCCCCCCCCBr. The lowest BCUT2D eigenvalue weighted by Crippen LogP contribution is -2.09. The van der Waals surface area contributed by atoms with Crippen LogP contribution in [0.1, 0.15) is 70.6 Å². The van der Waals surface area contributed by atoms with E-state index in [1.807, 2.05) is 12.2 Å². The number of halogens is 1. The van der Waals surface area contributed by atoms with Crippen LogP contribution in [-0.2, 0) is 4.74 Å². The number of ether oxygens (including phenoxy) is 1. The molecule has 0 fully saturated rings. The van der Waals surface area contributed by atoms with Crippen LogP contribution in [0.4, 0.5) is 0 Å². The summed E-state index contributed by atoms with van der Waals surface area (Å²) in [4.78, 5) is 0. The van der Waals surface area contributed by atoms with Crippen molar-refractivity contribution < 1.29 is 4.74 Å². The van der Waals surface area contributed by atoms with Crippen molar-refractivity contribution in [2.45, 2.75) is 76.7 Å². The molecule has 0 spiro atoms. The van der Waals surface area contributed by atoms with Crippen molar-refractivity contribution in [1.82, 2.24) is 0 Å². The zero-order valence-corrected chi connectivity index (χ0v) is 14.7. The molecule has 0 heterocycles. The first-order valence-corrected chi connectivity index (χ1v) is 9.38. The van der Waals surface area contributed by atoms with E-state index in [2.05, 4.69) is 29.1 Å². The molecule has 0 amide bonds. The van der Waals surface area contributed by atoms with Gasteiger partial charge in [0.1, 0.15) is 0 Å². The van der Waals surface area contributed by atoms with Crippen molar-refractivity contribution >= 4 is 15.9 Å². The van der Waals surface area contributed by atoms with Crippen LogP contribution in [0, 0.1) is 0 Å². The lowest BCUT2D eigenvalue weighted by Gasteiger charge is -2.11. The molecule has 0 aromatic rings. The minimum atomic E-state index is 0.159. The molecule has 0 saturated carbocycles. The van der Waals surface area contributed by atoms with Gasteiger partial charge in [-0.2, -0.15) is 0 Å². The molecule has 20 heavy (non-hydrogen) atoms. The quantitative estimate of drug-likeness (QED) is 0.178. The molecule has 1 nitrogen and oxygen atoms in total. The zero-order chi connectivity index (χ0) is 14.9. The van der Waals surface area contributed by atoms with Crippen molar-refractivity contribution in [2.75, 3.05) is 11.9 Å². The van der Waals surface area contributed by atoms with E-state index in [1.165, 1.54) is 64.2 Å². The molecule has 0 aliphatic rings. The highest BCUT2D eigenvalue weighted by molar-refractivity contribution is 9.09. The third kappa shape index (κ3) is 14.3. The number of unbranched alkanes of at least 4 members (excludes halogenated alkanes) is 9. The van der Waals surface area contributed by atoms with Gasteiger partial charge in [0.05, 0.1) is 6.10 Å². The monoisotopic (exact) mass is 344 g/mol. The van der Waals surface area contributed by atoms with Gasteiger partial charge in [0.15, 0.2) is 0 Å². The first-order valence-electron chi connectivity index (χ1n) is 8.26. The summed E-state index contributed by atoms with van der Waals surface area (Å²) >= 11 is 3.47. The third-order valence-corrected chi connectivity index (χ3v) is 4.08. The average molecular weight is 345 g/mol. The molecule has 0 bridgehead atoms. The van der Waals surface area contributed by atoms with Gasteiger partial charge in [-0.15, -0.1) is 13.2 Å². The van der Waals surface area contributed by atoms with Crippen LogP contribution >= 0.6 is 15.9 Å². The number of hydrogen-bond donors (Lipinski definition) is 0. The molecule has 0 radical (unpaired) electrons. The maximum atomic E-state index is 5.72. The fourth-order valence-electron chi connectivity index (χ4n) is 2.24. The normalized spacial score (nSPS) is 12.2. The minimum Gasteiger partial charge on any atom is -0.374 e. The highest BCUT2D eigenvalue weighted by Crippen LogP contribution is 2.11. The van der Waals surface area contributed by atoms with E-state index in [-0.39, 0.29) is 6.10 Å². The smallest absolute Gasteiger partial charge is 0.0787 e. The van der Waals surface area contributed by atoms with E-state index in [0.29, 0.717) is 0 Å². The van der Waals surface area contributed by atoms with Gasteiger partial charge in [0.2, 0.25) is 0 Å². The fourth-order valence-corrected chi connectivity index (χ4v) is 2.64. The Balaban J connectivity index is 3.12. The molecule has 0 aromatic carbocycles. The third-order valence-electron chi connectivity index (χ3n) is 3.52. The Morgan fingerprint density at radius 1 is 0.800 bits per heavy atom. The topological polar surface area (TPSA) is 9.23 Å². The molecule has 0 rings (SSSR count). The molecule has 1 atom stereocenters. The maximum absolute atomic E-state index is 5.72. The van der Waals surface area contributed by atoms with Gasteiger partial charge in [0.25, 0.3) is 0 Å². The van der Waals surface area contributed by atoms with Crippen LogP contribution in [0.2, 0.25) is 0 Å². The first-order chi connectivity index (χ1) is 9.85. The minimum absolute atomic E-state index is 0.159. The van der Waals surface area contributed by atoms with Gasteiger partial charge < -0.3 is 4.74 Å². The van der Waals surface area contributed by atoms with Crippen LogP contribution < -0.4 is 0 Å². The molecular weight excluding hydrogens is 312 g/mol. The second-order valence-electron chi connectivity index (χ2n) is 5.39. The zero-order valence-electron chi connectivity index (χ0n) is 13.1. The van der Waals surface area contributed by atoms with Crippen molar-refractivity contribution in [2.24, 2.45) is 0 Å². The standard InChI is InChI=1S/C18H33BrO/c1-3-15-18(4-2)20-17-14-12-10-8-6-5-7-9-11-13-16-19/h3-4,18H,1-2,5-17H2. The second-order valence-corrected chi connectivity index (χ2v) is 6.19. The summed E-state index contributed by atoms with van der Waals surface area (Å²) in [6.45, 7) is 8.37. The highest BCUT2D eigenvalue weighted by Gasteiger charge is 2.00. The van der Waals surface area contributed by atoms with Gasteiger partial charge in [-0.3, -0.25) is 0 Å².